The number of piperidine rings is 1. The van der Waals surface area contributed by atoms with Gasteiger partial charge in [-0.2, -0.15) is 0 Å². The summed E-state index contributed by atoms with van der Waals surface area (Å²) in [5.74, 6) is 0.809. The van der Waals surface area contributed by atoms with E-state index in [-0.39, 0.29) is 42.7 Å². The molecular weight excluding hydrogens is 518 g/mol. The topological polar surface area (TPSA) is 77.1 Å². The molecule has 3 aromatic rings. The number of rotatable bonds is 10. The quantitative estimate of drug-likeness (QED) is 0.351. The molecule has 0 bridgehead atoms. The normalized spacial score (nSPS) is 16.1. The maximum atomic E-state index is 13.8. The van der Waals surface area contributed by atoms with Crippen molar-refractivity contribution in [3.63, 3.8) is 0 Å². The molecule has 40 heavy (non-hydrogen) atoms. The van der Waals surface area contributed by atoms with Crippen molar-refractivity contribution in [3.05, 3.63) is 89.2 Å². The van der Waals surface area contributed by atoms with E-state index in [1.54, 1.807) is 18.2 Å². The van der Waals surface area contributed by atoms with Gasteiger partial charge in [0.05, 0.1) is 18.9 Å². The fourth-order valence-corrected chi connectivity index (χ4v) is 5.41. The Kier molecular flexibility index (Phi) is 8.91. The van der Waals surface area contributed by atoms with Crippen LogP contribution in [0.2, 0.25) is 0 Å². The highest BCUT2D eigenvalue weighted by molar-refractivity contribution is 5.99. The van der Waals surface area contributed by atoms with Crippen molar-refractivity contribution in [1.82, 2.24) is 4.90 Å². The number of benzene rings is 3. The first kappa shape index (κ1) is 27.6. The minimum absolute atomic E-state index is 0.0136. The molecule has 0 unspecified atom stereocenters. The Hall–Kier alpha value is -3.98. The van der Waals surface area contributed by atoms with Crippen molar-refractivity contribution < 1.29 is 32.6 Å². The van der Waals surface area contributed by atoms with Gasteiger partial charge in [-0.3, -0.25) is 9.59 Å². The van der Waals surface area contributed by atoms with Crippen LogP contribution in [0.3, 0.4) is 0 Å². The van der Waals surface area contributed by atoms with E-state index in [9.17, 15) is 18.4 Å². The summed E-state index contributed by atoms with van der Waals surface area (Å²) in [6.07, 6.45) is 1.53. The Bertz CT molecular complexity index is 1330. The van der Waals surface area contributed by atoms with Gasteiger partial charge in [0.25, 0.3) is 11.8 Å². The molecule has 2 heterocycles. The lowest BCUT2D eigenvalue weighted by Gasteiger charge is -2.37. The fraction of sp³-hybridized carbons (Fsp3) is 0.355. The van der Waals surface area contributed by atoms with Gasteiger partial charge >= 0.3 is 0 Å². The smallest absolute Gasteiger partial charge is 0.262 e. The van der Waals surface area contributed by atoms with E-state index in [0.29, 0.717) is 49.1 Å². The van der Waals surface area contributed by atoms with Crippen molar-refractivity contribution in [2.24, 2.45) is 5.92 Å². The van der Waals surface area contributed by atoms with Gasteiger partial charge < -0.3 is 24.4 Å². The van der Waals surface area contributed by atoms with Crippen LogP contribution in [-0.2, 0) is 9.53 Å². The first-order valence-corrected chi connectivity index (χ1v) is 13.5. The van der Waals surface area contributed by atoms with Crippen molar-refractivity contribution in [3.8, 4) is 11.5 Å². The van der Waals surface area contributed by atoms with Crippen LogP contribution < -0.4 is 14.8 Å². The summed E-state index contributed by atoms with van der Waals surface area (Å²) in [6, 6.07) is 19.5. The third-order valence-electron chi connectivity index (χ3n) is 7.32. The Morgan fingerprint density at radius 2 is 1.80 bits per heavy atom. The monoisotopic (exact) mass is 550 g/mol. The maximum Gasteiger partial charge on any atom is 0.262 e. The average molecular weight is 551 g/mol. The number of amides is 2. The summed E-state index contributed by atoms with van der Waals surface area (Å²) < 4.78 is 42.4. The van der Waals surface area contributed by atoms with Gasteiger partial charge in [-0.15, -0.1) is 0 Å². The summed E-state index contributed by atoms with van der Waals surface area (Å²) in [5, 5.41) is 2.75. The standard InChI is InChI=1S/C31H32F2N2O5/c32-12-15-38-16-17-39-26-3-1-2-23(18-26)30(21-4-7-25(33)8-5-21)22-10-13-35(14-11-22)31(37)24-6-9-28-27(19-24)34-29(36)20-40-28/h1-9,18-19,22,30H,10-17,20H2,(H,34,36)/t30-/m0/s1. The van der Waals surface area contributed by atoms with Gasteiger partial charge in [0.1, 0.15) is 30.6 Å². The molecule has 2 amide bonds. The molecule has 1 fully saturated rings. The molecule has 1 atom stereocenters. The molecule has 0 spiro atoms. The molecule has 7 nitrogen and oxygen atoms in total. The molecule has 0 aromatic heterocycles. The summed E-state index contributed by atoms with van der Waals surface area (Å²) in [4.78, 5) is 26.8. The van der Waals surface area contributed by atoms with Crippen LogP contribution in [0.4, 0.5) is 14.5 Å². The van der Waals surface area contributed by atoms with Gasteiger partial charge in [0, 0.05) is 24.6 Å². The third-order valence-corrected chi connectivity index (χ3v) is 7.32. The number of anilines is 1. The molecule has 0 saturated carbocycles. The number of fused-ring (bicyclic) bond motifs is 1. The van der Waals surface area contributed by atoms with E-state index in [0.717, 1.165) is 24.0 Å². The highest BCUT2D eigenvalue weighted by Crippen LogP contribution is 2.39. The van der Waals surface area contributed by atoms with E-state index in [2.05, 4.69) is 5.32 Å². The predicted octanol–water partition coefficient (Wildman–Crippen LogP) is 5.21. The number of nitrogens with one attached hydrogen (secondary N) is 1. The number of hydrogen-bond donors (Lipinski definition) is 1. The molecule has 2 aliphatic heterocycles. The first-order chi connectivity index (χ1) is 19.5. The lowest BCUT2D eigenvalue weighted by atomic mass is 9.76. The molecule has 0 aliphatic carbocycles. The zero-order chi connectivity index (χ0) is 27.9. The highest BCUT2D eigenvalue weighted by Gasteiger charge is 2.31. The molecule has 0 radical (unpaired) electrons. The zero-order valence-corrected chi connectivity index (χ0v) is 22.1. The third kappa shape index (κ3) is 6.59. The van der Waals surface area contributed by atoms with Gasteiger partial charge in [-0.25, -0.2) is 8.78 Å². The molecule has 2 aliphatic rings. The second-order valence-electron chi connectivity index (χ2n) is 9.93. The first-order valence-electron chi connectivity index (χ1n) is 13.5. The Morgan fingerprint density at radius 3 is 2.58 bits per heavy atom. The summed E-state index contributed by atoms with van der Waals surface area (Å²) in [6.45, 7) is 1.24. The summed E-state index contributed by atoms with van der Waals surface area (Å²) in [7, 11) is 0. The summed E-state index contributed by atoms with van der Waals surface area (Å²) >= 11 is 0. The van der Waals surface area contributed by atoms with Gasteiger partial charge in [-0.1, -0.05) is 24.3 Å². The second-order valence-corrected chi connectivity index (χ2v) is 9.93. The Morgan fingerprint density at radius 1 is 1.00 bits per heavy atom. The lowest BCUT2D eigenvalue weighted by Crippen LogP contribution is -2.40. The Labute approximate surface area is 232 Å². The predicted molar refractivity (Wildman–Crippen MR) is 146 cm³/mol. The van der Waals surface area contributed by atoms with Crippen molar-refractivity contribution in [2.75, 3.05) is 51.5 Å². The zero-order valence-electron chi connectivity index (χ0n) is 22.1. The molecular formula is C31H32F2N2O5. The minimum atomic E-state index is -0.528. The van der Waals surface area contributed by atoms with Gasteiger partial charge in [0.2, 0.25) is 0 Å². The molecule has 1 N–H and O–H groups in total. The van der Waals surface area contributed by atoms with E-state index in [1.165, 1.54) is 12.1 Å². The average Bonchev–Trinajstić information content (AvgIpc) is 2.98. The van der Waals surface area contributed by atoms with E-state index < -0.39 is 6.67 Å². The van der Waals surface area contributed by atoms with Crippen LogP contribution in [0.25, 0.3) is 0 Å². The van der Waals surface area contributed by atoms with E-state index >= 15 is 0 Å². The Balaban J connectivity index is 1.29. The van der Waals surface area contributed by atoms with Crippen LogP contribution in [0, 0.1) is 11.7 Å². The summed E-state index contributed by atoms with van der Waals surface area (Å²) in [5.41, 5.74) is 3.05. The maximum absolute atomic E-state index is 13.8. The van der Waals surface area contributed by atoms with Gasteiger partial charge in [0.15, 0.2) is 6.61 Å². The number of hydrogen-bond acceptors (Lipinski definition) is 5. The number of likely N-dealkylation sites (tertiary alicyclic amines) is 1. The van der Waals surface area contributed by atoms with Crippen LogP contribution in [0.15, 0.2) is 66.7 Å². The minimum Gasteiger partial charge on any atom is -0.491 e. The largest absolute Gasteiger partial charge is 0.491 e. The van der Waals surface area contributed by atoms with Crippen molar-refractivity contribution in [1.29, 1.82) is 0 Å². The van der Waals surface area contributed by atoms with Crippen molar-refractivity contribution >= 4 is 17.5 Å². The van der Waals surface area contributed by atoms with Crippen molar-refractivity contribution in [2.45, 2.75) is 18.8 Å². The molecule has 210 valence electrons. The highest BCUT2D eigenvalue weighted by atomic mass is 19.1. The lowest BCUT2D eigenvalue weighted by molar-refractivity contribution is -0.118. The van der Waals surface area contributed by atoms with Crippen LogP contribution in [0.1, 0.15) is 40.2 Å². The molecule has 1 saturated heterocycles. The molecule has 5 rings (SSSR count). The van der Waals surface area contributed by atoms with Gasteiger partial charge in [-0.05, 0) is 72.4 Å². The second kappa shape index (κ2) is 12.9. The molecule has 3 aromatic carbocycles. The van der Waals surface area contributed by atoms with E-state index in [4.69, 9.17) is 14.2 Å². The van der Waals surface area contributed by atoms with Crippen LogP contribution >= 0.6 is 0 Å². The molecule has 9 heteroatoms. The fourth-order valence-electron chi connectivity index (χ4n) is 5.41. The van der Waals surface area contributed by atoms with Crippen LogP contribution in [-0.4, -0.2) is 62.9 Å². The SMILES string of the molecule is O=C1COc2ccc(C(=O)N3CCC([C@H](c4ccc(F)cc4)c4cccc(OCCOCCF)c4)CC3)cc2N1. The number of carbonyl (C=O) groups is 2. The number of nitrogens with zero attached hydrogens (tertiary/aromatic N) is 1. The number of alkyl halides is 1. The number of halogens is 2. The van der Waals surface area contributed by atoms with Crippen LogP contribution in [0.5, 0.6) is 11.5 Å². The van der Waals surface area contributed by atoms with E-state index in [1.807, 2.05) is 41.3 Å². The number of carbonyl (C=O) groups excluding carboxylic acids is 2. The number of ether oxygens (including phenoxy) is 3.